The molecule has 0 bridgehead atoms. The van der Waals surface area contributed by atoms with E-state index in [1.807, 2.05) is 36.4 Å². The fourth-order valence-corrected chi connectivity index (χ4v) is 6.30. The first kappa shape index (κ1) is 25.0. The first-order valence-corrected chi connectivity index (χ1v) is 12.9. The van der Waals surface area contributed by atoms with E-state index in [-0.39, 0.29) is 22.4 Å². The molecule has 1 aliphatic carbocycles. The second-order valence-electron chi connectivity index (χ2n) is 10.7. The van der Waals surface area contributed by atoms with Gasteiger partial charge in [-0.1, -0.05) is 74.5 Å². The van der Waals surface area contributed by atoms with Gasteiger partial charge >= 0.3 is 0 Å². The van der Waals surface area contributed by atoms with Crippen LogP contribution in [0.1, 0.15) is 25.0 Å². The zero-order chi connectivity index (χ0) is 28.8. The van der Waals surface area contributed by atoms with Gasteiger partial charge in [0.1, 0.15) is 0 Å². The first-order valence-electron chi connectivity index (χ1n) is 12.9. The molecule has 0 amide bonds. The maximum absolute atomic E-state index is 15.2. The minimum Gasteiger partial charge on any atom is -0.318 e. The normalized spacial score (nSPS) is 13.4. The molecule has 0 radical (unpaired) electrons. The van der Waals surface area contributed by atoms with Gasteiger partial charge in [-0.3, -0.25) is 0 Å². The van der Waals surface area contributed by atoms with Crippen molar-refractivity contribution in [2.75, 3.05) is 0 Å². The van der Waals surface area contributed by atoms with E-state index in [2.05, 4.69) is 36.9 Å². The maximum atomic E-state index is 15.2. The van der Waals surface area contributed by atoms with Gasteiger partial charge in [-0.25, -0.2) is 26.8 Å². The molecule has 0 aliphatic heterocycles. The molecule has 5 aromatic carbocycles. The Hall–Kier alpha value is -4.96. The van der Waals surface area contributed by atoms with Crippen molar-refractivity contribution in [3.63, 3.8) is 0 Å². The second-order valence-corrected chi connectivity index (χ2v) is 10.7. The van der Waals surface area contributed by atoms with Gasteiger partial charge < -0.3 is 4.57 Å². The molecule has 0 atom stereocenters. The van der Waals surface area contributed by atoms with E-state index in [9.17, 15) is 13.2 Å². The number of aromatic nitrogens is 1. The minimum atomic E-state index is -2.24. The number of nitrogens with zero attached hydrogens (tertiary/aromatic N) is 2. The molecule has 0 N–H and O–H groups in total. The molecule has 0 saturated heterocycles. The van der Waals surface area contributed by atoms with Crippen LogP contribution in [0.5, 0.6) is 0 Å². The van der Waals surface area contributed by atoms with Crippen molar-refractivity contribution < 1.29 is 22.0 Å². The maximum Gasteiger partial charge on any atom is 0.211 e. The summed E-state index contributed by atoms with van der Waals surface area (Å²) >= 11 is 0. The van der Waals surface area contributed by atoms with Crippen LogP contribution >= 0.6 is 0 Å². The highest BCUT2D eigenvalue weighted by atomic mass is 19.2. The predicted molar refractivity (Wildman–Crippen MR) is 150 cm³/mol. The molecule has 41 heavy (non-hydrogen) atoms. The molecule has 6 aromatic rings. The number of halogens is 5. The van der Waals surface area contributed by atoms with Crippen molar-refractivity contribution in [3.05, 3.63) is 130 Å². The Bertz CT molecular complexity index is 2120. The number of fused-ring (bicyclic) bond motifs is 6. The van der Waals surface area contributed by atoms with Gasteiger partial charge in [-0.2, -0.15) is 0 Å². The lowest BCUT2D eigenvalue weighted by Crippen LogP contribution is -2.15. The van der Waals surface area contributed by atoms with Crippen molar-refractivity contribution in [1.29, 1.82) is 0 Å². The van der Waals surface area contributed by atoms with E-state index >= 15 is 8.78 Å². The molecule has 0 fully saturated rings. The molecule has 2 nitrogen and oxygen atoms in total. The molecular formula is C34H19F5N2. The van der Waals surface area contributed by atoms with Crippen LogP contribution in [-0.4, -0.2) is 4.57 Å². The van der Waals surface area contributed by atoms with Crippen LogP contribution in [0.15, 0.2) is 78.9 Å². The van der Waals surface area contributed by atoms with Gasteiger partial charge in [0, 0.05) is 21.8 Å². The van der Waals surface area contributed by atoms with Crippen LogP contribution in [0.3, 0.4) is 0 Å². The Morgan fingerprint density at radius 3 is 1.98 bits per heavy atom. The second kappa shape index (κ2) is 8.52. The lowest BCUT2D eigenvalue weighted by molar-refractivity contribution is 0.381. The highest BCUT2D eigenvalue weighted by Crippen LogP contribution is 2.51. The third-order valence-corrected chi connectivity index (χ3v) is 8.21. The van der Waals surface area contributed by atoms with Crippen LogP contribution in [-0.2, 0) is 5.41 Å². The van der Waals surface area contributed by atoms with E-state index in [0.717, 1.165) is 33.0 Å². The Labute approximate surface area is 231 Å². The quantitative estimate of drug-likeness (QED) is 0.0878. The summed E-state index contributed by atoms with van der Waals surface area (Å²) in [4.78, 5) is 3.60. The van der Waals surface area contributed by atoms with Crippen LogP contribution < -0.4 is 0 Å². The monoisotopic (exact) mass is 550 g/mol. The van der Waals surface area contributed by atoms with Crippen LogP contribution in [0, 0.1) is 35.7 Å². The molecule has 7 heteroatoms. The Morgan fingerprint density at radius 2 is 1.24 bits per heavy atom. The van der Waals surface area contributed by atoms with Crippen molar-refractivity contribution in [1.82, 2.24) is 4.57 Å². The largest absolute Gasteiger partial charge is 0.318 e. The van der Waals surface area contributed by atoms with Crippen LogP contribution in [0.25, 0.3) is 54.6 Å². The predicted octanol–water partition coefficient (Wildman–Crippen LogP) is 10.0. The smallest absolute Gasteiger partial charge is 0.211 e. The van der Waals surface area contributed by atoms with E-state index in [4.69, 9.17) is 6.57 Å². The molecule has 0 saturated carbocycles. The Morgan fingerprint density at radius 1 is 0.610 bits per heavy atom. The van der Waals surface area contributed by atoms with E-state index < -0.39 is 34.6 Å². The number of hydrogen-bond acceptors (Lipinski definition) is 0. The van der Waals surface area contributed by atoms with Gasteiger partial charge in [0.05, 0.1) is 28.9 Å². The van der Waals surface area contributed by atoms with Gasteiger partial charge in [0.2, 0.25) is 11.5 Å². The van der Waals surface area contributed by atoms with E-state index in [0.29, 0.717) is 11.0 Å². The van der Waals surface area contributed by atoms with Gasteiger partial charge in [0.25, 0.3) is 0 Å². The average molecular weight is 551 g/mol. The van der Waals surface area contributed by atoms with Gasteiger partial charge in [0.15, 0.2) is 23.3 Å². The summed E-state index contributed by atoms with van der Waals surface area (Å²) in [6.45, 7) is 12.1. The van der Waals surface area contributed by atoms with Gasteiger partial charge in [-0.15, -0.1) is 0 Å². The Kier molecular flexibility index (Phi) is 5.20. The fraction of sp³-hybridized carbons (Fsp3) is 0.0882. The number of rotatable bonds is 2. The SMILES string of the molecule is [C-]#[N+]c1cccc(-c2c(F)c(F)c(F)c(F)c2F)c1-n1c2ccccc2c2cc3c(cc21)C(C)(C)c1ccccc1-3. The molecule has 200 valence electrons. The van der Waals surface area contributed by atoms with E-state index in [1.165, 1.54) is 18.2 Å². The van der Waals surface area contributed by atoms with Gasteiger partial charge in [-0.05, 0) is 40.5 Å². The summed E-state index contributed by atoms with van der Waals surface area (Å²) in [6, 6.07) is 23.7. The standard InChI is InChI=1S/C34H19F5N2/c1-34(2)22-12-6-4-9-17(22)20-15-21-18-10-5-7-14-25(18)41(26(21)16-23(20)34)33-19(11-8-13-24(33)40-3)27-28(35)30(37)32(39)31(38)29(27)36/h4-16H,1-2H3. The number of para-hydroxylation sites is 2. The third kappa shape index (κ3) is 3.22. The lowest BCUT2D eigenvalue weighted by Gasteiger charge is -2.22. The first-order chi connectivity index (χ1) is 19.7. The van der Waals surface area contributed by atoms with Crippen molar-refractivity contribution in [2.45, 2.75) is 19.3 Å². The number of benzene rings is 5. The minimum absolute atomic E-state index is 0.00265. The molecular weight excluding hydrogens is 531 g/mol. The highest BCUT2D eigenvalue weighted by molar-refractivity contribution is 6.12. The summed E-state index contributed by atoms with van der Waals surface area (Å²) in [6.07, 6.45) is 0. The summed E-state index contributed by atoms with van der Waals surface area (Å²) in [5, 5.41) is 1.64. The molecule has 0 spiro atoms. The summed E-state index contributed by atoms with van der Waals surface area (Å²) < 4.78 is 74.9. The highest BCUT2D eigenvalue weighted by Gasteiger charge is 2.36. The summed E-state index contributed by atoms with van der Waals surface area (Å²) in [5.74, 6) is -10.2. The van der Waals surface area contributed by atoms with Crippen LogP contribution in [0.2, 0.25) is 0 Å². The molecule has 1 aromatic heterocycles. The molecule has 1 heterocycles. The summed E-state index contributed by atoms with van der Waals surface area (Å²) in [7, 11) is 0. The Balaban J connectivity index is 1.66. The number of hydrogen-bond donors (Lipinski definition) is 0. The van der Waals surface area contributed by atoms with E-state index in [1.54, 1.807) is 10.6 Å². The van der Waals surface area contributed by atoms with Crippen molar-refractivity contribution >= 4 is 27.5 Å². The topological polar surface area (TPSA) is 9.29 Å². The zero-order valence-corrected chi connectivity index (χ0v) is 21.8. The average Bonchev–Trinajstić information content (AvgIpc) is 3.42. The van der Waals surface area contributed by atoms with Crippen LogP contribution in [0.4, 0.5) is 27.6 Å². The molecule has 7 rings (SSSR count). The molecule has 0 unspecified atom stereocenters. The summed E-state index contributed by atoms with van der Waals surface area (Å²) in [5.41, 5.74) is 3.90. The molecule has 1 aliphatic rings. The fourth-order valence-electron chi connectivity index (χ4n) is 6.30. The lowest BCUT2D eigenvalue weighted by atomic mass is 9.82. The third-order valence-electron chi connectivity index (χ3n) is 8.21. The van der Waals surface area contributed by atoms with Crippen molar-refractivity contribution in [3.8, 4) is 27.9 Å². The van der Waals surface area contributed by atoms with Crippen molar-refractivity contribution in [2.24, 2.45) is 0 Å². The zero-order valence-electron chi connectivity index (χ0n) is 21.8.